The molecule has 2 rings (SSSR count). The molecular formula is C21H26N2O3. The second-order valence-electron chi connectivity index (χ2n) is 6.41. The molecule has 1 amide bonds. The van der Waals surface area contributed by atoms with Crippen LogP contribution in [0.15, 0.2) is 59.6 Å². The number of nitrogens with zero attached hydrogens (tertiary/aromatic N) is 1. The number of hydrogen-bond donors (Lipinski definition) is 1. The summed E-state index contributed by atoms with van der Waals surface area (Å²) in [5, 5.41) is 2.77. The van der Waals surface area contributed by atoms with Crippen LogP contribution in [-0.4, -0.2) is 25.6 Å². The molecule has 0 aliphatic heterocycles. The van der Waals surface area contributed by atoms with Crippen molar-refractivity contribution in [2.45, 2.75) is 26.8 Å². The Morgan fingerprint density at radius 1 is 1.04 bits per heavy atom. The fourth-order valence-electron chi connectivity index (χ4n) is 2.24. The van der Waals surface area contributed by atoms with E-state index in [2.05, 4.69) is 10.3 Å². The van der Waals surface area contributed by atoms with E-state index >= 15 is 0 Å². The fraction of sp³-hybridized carbons (Fsp3) is 0.333. The standard InChI is InChI=1S/C21H26N2O3/c1-15(2)14-26-21(22-16(3)17-8-6-5-7-9-17)23-20(24)18-10-12-19(25-4)13-11-18/h5-13,15-16H,14H2,1-4H3,(H,22,23,24)/t16-/m0/s1. The van der Waals surface area contributed by atoms with Crippen LogP contribution in [-0.2, 0) is 4.74 Å². The van der Waals surface area contributed by atoms with Gasteiger partial charge in [0, 0.05) is 5.56 Å². The average Bonchev–Trinajstić information content (AvgIpc) is 2.66. The molecule has 26 heavy (non-hydrogen) atoms. The van der Waals surface area contributed by atoms with Crippen molar-refractivity contribution in [1.29, 1.82) is 0 Å². The van der Waals surface area contributed by atoms with E-state index in [9.17, 15) is 4.79 Å². The Morgan fingerprint density at radius 3 is 2.27 bits per heavy atom. The third-order valence-electron chi connectivity index (χ3n) is 3.72. The summed E-state index contributed by atoms with van der Waals surface area (Å²) in [7, 11) is 1.59. The molecule has 2 aromatic rings. The van der Waals surface area contributed by atoms with Gasteiger partial charge in [-0.1, -0.05) is 44.2 Å². The van der Waals surface area contributed by atoms with Crippen molar-refractivity contribution in [3.8, 4) is 5.75 Å². The molecule has 0 unspecified atom stereocenters. The third kappa shape index (κ3) is 5.92. The molecule has 1 atom stereocenters. The first-order valence-corrected chi connectivity index (χ1v) is 8.70. The first-order chi connectivity index (χ1) is 12.5. The number of ether oxygens (including phenoxy) is 2. The van der Waals surface area contributed by atoms with Crippen LogP contribution in [0, 0.1) is 5.92 Å². The van der Waals surface area contributed by atoms with E-state index in [-0.39, 0.29) is 18.0 Å². The maximum Gasteiger partial charge on any atom is 0.292 e. The first kappa shape index (κ1) is 19.5. The van der Waals surface area contributed by atoms with Crippen LogP contribution >= 0.6 is 0 Å². The lowest BCUT2D eigenvalue weighted by Crippen LogP contribution is -2.33. The molecule has 0 aliphatic carbocycles. The largest absolute Gasteiger partial charge is 0.497 e. The van der Waals surface area contributed by atoms with Crippen molar-refractivity contribution in [2.24, 2.45) is 10.9 Å². The van der Waals surface area contributed by atoms with Gasteiger partial charge in [-0.25, -0.2) is 4.99 Å². The molecule has 0 heterocycles. The van der Waals surface area contributed by atoms with Gasteiger partial charge in [0.15, 0.2) is 0 Å². The summed E-state index contributed by atoms with van der Waals surface area (Å²) >= 11 is 0. The van der Waals surface area contributed by atoms with E-state index < -0.39 is 0 Å². The fourth-order valence-corrected chi connectivity index (χ4v) is 2.24. The topological polar surface area (TPSA) is 59.9 Å². The van der Waals surface area contributed by atoms with Crippen LogP contribution < -0.4 is 10.1 Å². The molecule has 0 aliphatic rings. The van der Waals surface area contributed by atoms with E-state index in [4.69, 9.17) is 9.47 Å². The van der Waals surface area contributed by atoms with Gasteiger partial charge in [0.2, 0.25) is 0 Å². The van der Waals surface area contributed by atoms with Crippen molar-refractivity contribution in [3.05, 3.63) is 65.7 Å². The number of methoxy groups -OCH3 is 1. The summed E-state index contributed by atoms with van der Waals surface area (Å²) in [6, 6.07) is 16.9. The van der Waals surface area contributed by atoms with Crippen molar-refractivity contribution < 1.29 is 14.3 Å². The normalized spacial score (nSPS) is 12.6. The molecule has 5 nitrogen and oxygen atoms in total. The minimum atomic E-state index is -0.268. The lowest BCUT2D eigenvalue weighted by atomic mass is 10.1. The first-order valence-electron chi connectivity index (χ1n) is 8.70. The highest BCUT2D eigenvalue weighted by molar-refractivity contribution is 6.04. The Labute approximate surface area is 155 Å². The van der Waals surface area contributed by atoms with Gasteiger partial charge in [-0.3, -0.25) is 10.1 Å². The summed E-state index contributed by atoms with van der Waals surface area (Å²) in [6.45, 7) is 6.53. The van der Waals surface area contributed by atoms with Crippen molar-refractivity contribution in [1.82, 2.24) is 5.32 Å². The Kier molecular flexibility index (Phi) is 7.21. The zero-order chi connectivity index (χ0) is 18.9. The van der Waals surface area contributed by atoms with Crippen LogP contribution in [0.4, 0.5) is 0 Å². The quantitative estimate of drug-likeness (QED) is 0.624. The molecule has 0 spiro atoms. The lowest BCUT2D eigenvalue weighted by molar-refractivity contribution is 0.0963. The van der Waals surface area contributed by atoms with Crippen LogP contribution in [0.2, 0.25) is 0 Å². The Hall–Kier alpha value is -2.82. The number of aliphatic imine (C=N–C) groups is 1. The highest BCUT2D eigenvalue weighted by Gasteiger charge is 2.13. The average molecular weight is 354 g/mol. The second kappa shape index (κ2) is 9.61. The highest BCUT2D eigenvalue weighted by Crippen LogP contribution is 2.16. The maximum atomic E-state index is 12.5. The zero-order valence-electron chi connectivity index (χ0n) is 15.7. The Balaban J connectivity index is 2.14. The Bertz CT molecular complexity index is 725. The summed E-state index contributed by atoms with van der Waals surface area (Å²) in [6.07, 6.45) is 0. The van der Waals surface area contributed by atoms with Gasteiger partial charge in [-0.15, -0.1) is 0 Å². The van der Waals surface area contributed by atoms with Crippen molar-refractivity contribution >= 4 is 11.9 Å². The van der Waals surface area contributed by atoms with E-state index in [1.807, 2.05) is 51.1 Å². The van der Waals surface area contributed by atoms with Crippen molar-refractivity contribution in [2.75, 3.05) is 13.7 Å². The summed E-state index contributed by atoms with van der Waals surface area (Å²) in [4.78, 5) is 17.1. The molecule has 0 saturated heterocycles. The number of hydrogen-bond acceptors (Lipinski definition) is 4. The molecule has 1 N–H and O–H groups in total. The highest BCUT2D eigenvalue weighted by atomic mass is 16.5. The van der Waals surface area contributed by atoms with E-state index in [1.54, 1.807) is 31.4 Å². The number of carbonyl (C=O) groups is 1. The van der Waals surface area contributed by atoms with Gasteiger partial charge in [0.1, 0.15) is 5.75 Å². The monoisotopic (exact) mass is 354 g/mol. The number of rotatable bonds is 6. The number of nitrogens with one attached hydrogen (secondary N) is 1. The minimum absolute atomic E-state index is 0.130. The molecule has 138 valence electrons. The number of amides is 1. The van der Waals surface area contributed by atoms with Crippen LogP contribution in [0.25, 0.3) is 0 Å². The predicted octanol–water partition coefficient (Wildman–Crippen LogP) is 4.21. The van der Waals surface area contributed by atoms with Gasteiger partial charge in [-0.05, 0) is 42.7 Å². The van der Waals surface area contributed by atoms with Crippen LogP contribution in [0.3, 0.4) is 0 Å². The predicted molar refractivity (Wildman–Crippen MR) is 104 cm³/mol. The van der Waals surface area contributed by atoms with Gasteiger partial charge in [0.05, 0.1) is 19.8 Å². The SMILES string of the molecule is COc1ccc(C(=O)NC(=N[C@@H](C)c2ccccc2)OCC(C)C)cc1. The van der Waals surface area contributed by atoms with Crippen LogP contribution in [0.1, 0.15) is 42.7 Å². The molecule has 5 heteroatoms. The molecule has 0 fully saturated rings. The molecule has 0 radical (unpaired) electrons. The van der Waals surface area contributed by atoms with E-state index in [0.29, 0.717) is 23.8 Å². The lowest BCUT2D eigenvalue weighted by Gasteiger charge is -2.15. The Morgan fingerprint density at radius 2 is 1.69 bits per heavy atom. The minimum Gasteiger partial charge on any atom is -0.497 e. The van der Waals surface area contributed by atoms with Gasteiger partial charge in [0.25, 0.3) is 11.9 Å². The summed E-state index contributed by atoms with van der Waals surface area (Å²) < 4.78 is 10.8. The number of carbonyl (C=O) groups excluding carboxylic acids is 1. The van der Waals surface area contributed by atoms with E-state index in [1.165, 1.54) is 0 Å². The van der Waals surface area contributed by atoms with Crippen LogP contribution in [0.5, 0.6) is 5.75 Å². The second-order valence-corrected chi connectivity index (χ2v) is 6.41. The molecule has 2 aromatic carbocycles. The molecule has 0 saturated carbocycles. The van der Waals surface area contributed by atoms with Crippen molar-refractivity contribution in [3.63, 3.8) is 0 Å². The van der Waals surface area contributed by atoms with Gasteiger partial charge in [-0.2, -0.15) is 0 Å². The molecular weight excluding hydrogens is 328 g/mol. The smallest absolute Gasteiger partial charge is 0.292 e. The molecule has 0 bridgehead atoms. The van der Waals surface area contributed by atoms with Gasteiger partial charge < -0.3 is 9.47 Å². The maximum absolute atomic E-state index is 12.5. The zero-order valence-corrected chi connectivity index (χ0v) is 15.7. The third-order valence-corrected chi connectivity index (χ3v) is 3.72. The van der Waals surface area contributed by atoms with Gasteiger partial charge >= 0.3 is 0 Å². The number of benzene rings is 2. The molecule has 0 aromatic heterocycles. The summed E-state index contributed by atoms with van der Waals surface area (Å²) in [5.41, 5.74) is 1.57. The summed E-state index contributed by atoms with van der Waals surface area (Å²) in [5.74, 6) is 0.754. The number of amidine groups is 1. The van der Waals surface area contributed by atoms with E-state index in [0.717, 1.165) is 5.56 Å².